The van der Waals surface area contributed by atoms with Gasteiger partial charge in [0.2, 0.25) is 5.91 Å². The maximum absolute atomic E-state index is 12.5. The number of rotatable bonds is 6. The maximum Gasteiger partial charge on any atom is 0.337 e. The molecule has 0 radical (unpaired) electrons. The molecule has 0 spiro atoms. The zero-order valence-corrected chi connectivity index (χ0v) is 16.9. The molecule has 1 aliphatic rings. The molecule has 8 nitrogen and oxygen atoms in total. The number of esters is 2. The Hall–Kier alpha value is -3.16. The zero-order chi connectivity index (χ0) is 21.4. The molecule has 1 saturated heterocycles. The Balaban J connectivity index is 1.96. The van der Waals surface area contributed by atoms with Gasteiger partial charge >= 0.3 is 11.9 Å². The van der Waals surface area contributed by atoms with Crippen LogP contribution in [0.1, 0.15) is 37.0 Å². The summed E-state index contributed by atoms with van der Waals surface area (Å²) in [6.45, 7) is 4.43. The standard InChI is InChI=1S/C21H26N2O6/c1-4-29-21(27)16-6-5-11-23(13-16)18(24)12-14(2)19(25)22-17-9-7-15(8-10-17)20(26)28-3/h7-10,12,16H,4-6,11,13H2,1-3H3,(H,22,25)/b14-12+. The normalized spacial score (nSPS) is 16.7. The molecule has 156 valence electrons. The Morgan fingerprint density at radius 1 is 1.21 bits per heavy atom. The third kappa shape index (κ3) is 6.17. The predicted molar refractivity (Wildman–Crippen MR) is 106 cm³/mol. The molecule has 1 unspecified atom stereocenters. The predicted octanol–water partition coefficient (Wildman–Crippen LogP) is 2.16. The quantitative estimate of drug-likeness (QED) is 0.578. The first-order chi connectivity index (χ1) is 13.8. The second kappa shape index (κ2) is 10.4. The van der Waals surface area contributed by atoms with E-state index in [0.717, 1.165) is 0 Å². The number of hydrogen-bond donors (Lipinski definition) is 1. The van der Waals surface area contributed by atoms with Crippen LogP contribution in [0.4, 0.5) is 5.69 Å². The lowest BCUT2D eigenvalue weighted by Crippen LogP contribution is -2.42. The van der Waals surface area contributed by atoms with Gasteiger partial charge in [-0.25, -0.2) is 4.79 Å². The van der Waals surface area contributed by atoms with Gasteiger partial charge in [0, 0.05) is 30.4 Å². The van der Waals surface area contributed by atoms with E-state index in [0.29, 0.717) is 37.2 Å². The molecule has 1 heterocycles. The maximum atomic E-state index is 12.5. The highest BCUT2D eigenvalue weighted by Crippen LogP contribution is 2.19. The smallest absolute Gasteiger partial charge is 0.337 e. The van der Waals surface area contributed by atoms with Gasteiger partial charge in [-0.3, -0.25) is 14.4 Å². The molecule has 0 bridgehead atoms. The van der Waals surface area contributed by atoms with E-state index in [1.165, 1.54) is 25.3 Å². The molecule has 1 fully saturated rings. The van der Waals surface area contributed by atoms with Crippen LogP contribution >= 0.6 is 0 Å². The molecule has 8 heteroatoms. The van der Waals surface area contributed by atoms with Crippen LogP contribution in [0.3, 0.4) is 0 Å². The van der Waals surface area contributed by atoms with E-state index in [1.807, 2.05) is 0 Å². The van der Waals surface area contributed by atoms with E-state index < -0.39 is 11.9 Å². The molecule has 1 aromatic rings. The molecular formula is C21H26N2O6. The van der Waals surface area contributed by atoms with Crippen LogP contribution in [0.5, 0.6) is 0 Å². The second-order valence-electron chi connectivity index (χ2n) is 6.73. The first kappa shape index (κ1) is 22.1. The summed E-state index contributed by atoms with van der Waals surface area (Å²) < 4.78 is 9.67. The number of carbonyl (C=O) groups is 4. The van der Waals surface area contributed by atoms with Crippen molar-refractivity contribution >= 4 is 29.4 Å². The van der Waals surface area contributed by atoms with Gasteiger partial charge in [-0.2, -0.15) is 0 Å². The SMILES string of the molecule is CCOC(=O)C1CCCN(C(=O)/C=C(\C)C(=O)Nc2ccc(C(=O)OC)cc2)C1. The van der Waals surface area contributed by atoms with Crippen LogP contribution in [0.25, 0.3) is 0 Å². The molecule has 1 N–H and O–H groups in total. The Labute approximate surface area is 169 Å². The number of nitrogens with one attached hydrogen (secondary N) is 1. The fourth-order valence-electron chi connectivity index (χ4n) is 3.01. The summed E-state index contributed by atoms with van der Waals surface area (Å²) in [5.74, 6) is -1.83. The van der Waals surface area contributed by atoms with Crippen LogP contribution in [0.2, 0.25) is 0 Å². The van der Waals surface area contributed by atoms with E-state index in [1.54, 1.807) is 30.9 Å². The van der Waals surface area contributed by atoms with Crippen LogP contribution in [0.15, 0.2) is 35.9 Å². The number of anilines is 1. The first-order valence-electron chi connectivity index (χ1n) is 9.49. The van der Waals surface area contributed by atoms with Gasteiger partial charge in [0.1, 0.15) is 0 Å². The van der Waals surface area contributed by atoms with Crippen molar-refractivity contribution in [3.05, 3.63) is 41.5 Å². The van der Waals surface area contributed by atoms with Crippen molar-refractivity contribution in [2.75, 3.05) is 32.1 Å². The molecular weight excluding hydrogens is 376 g/mol. The van der Waals surface area contributed by atoms with Gasteiger partial charge in [-0.15, -0.1) is 0 Å². The summed E-state index contributed by atoms with van der Waals surface area (Å²) >= 11 is 0. The number of ether oxygens (including phenoxy) is 2. The summed E-state index contributed by atoms with van der Waals surface area (Å²) in [5.41, 5.74) is 1.10. The Bertz CT molecular complexity index is 800. The van der Waals surface area contributed by atoms with Gasteiger partial charge in [0.05, 0.1) is 25.2 Å². The average Bonchev–Trinajstić information content (AvgIpc) is 2.73. The van der Waals surface area contributed by atoms with Gasteiger partial charge in [0.15, 0.2) is 0 Å². The molecule has 29 heavy (non-hydrogen) atoms. The minimum Gasteiger partial charge on any atom is -0.466 e. The largest absolute Gasteiger partial charge is 0.466 e. The number of methoxy groups -OCH3 is 1. The lowest BCUT2D eigenvalue weighted by molar-refractivity contribution is -0.150. The fraction of sp³-hybridized carbons (Fsp3) is 0.429. The molecule has 0 aliphatic carbocycles. The van der Waals surface area contributed by atoms with E-state index in [9.17, 15) is 19.2 Å². The first-order valence-corrected chi connectivity index (χ1v) is 9.49. The van der Waals surface area contributed by atoms with Crippen LogP contribution in [-0.4, -0.2) is 55.5 Å². The Kier molecular flexibility index (Phi) is 7.94. The van der Waals surface area contributed by atoms with E-state index in [2.05, 4.69) is 10.1 Å². The highest BCUT2D eigenvalue weighted by atomic mass is 16.5. The van der Waals surface area contributed by atoms with Gasteiger partial charge < -0.3 is 19.7 Å². The summed E-state index contributed by atoms with van der Waals surface area (Å²) in [7, 11) is 1.29. The average molecular weight is 402 g/mol. The van der Waals surface area contributed by atoms with Crippen LogP contribution in [-0.2, 0) is 23.9 Å². The lowest BCUT2D eigenvalue weighted by Gasteiger charge is -2.30. The lowest BCUT2D eigenvalue weighted by atomic mass is 9.98. The molecule has 0 saturated carbocycles. The van der Waals surface area contributed by atoms with Gasteiger partial charge in [-0.1, -0.05) is 0 Å². The monoisotopic (exact) mass is 402 g/mol. The van der Waals surface area contributed by atoms with Crippen LogP contribution < -0.4 is 5.32 Å². The number of benzene rings is 1. The van der Waals surface area contributed by atoms with Crippen molar-refractivity contribution in [3.8, 4) is 0 Å². The van der Waals surface area contributed by atoms with Crippen LogP contribution in [0, 0.1) is 5.92 Å². The third-order valence-corrected chi connectivity index (χ3v) is 4.61. The Morgan fingerprint density at radius 2 is 1.90 bits per heavy atom. The fourth-order valence-corrected chi connectivity index (χ4v) is 3.01. The van der Waals surface area contributed by atoms with Crippen molar-refractivity contribution < 1.29 is 28.7 Å². The molecule has 1 aliphatic heterocycles. The minimum absolute atomic E-state index is 0.241. The number of likely N-dealkylation sites (tertiary alicyclic amines) is 1. The van der Waals surface area contributed by atoms with Crippen molar-refractivity contribution in [2.24, 2.45) is 5.92 Å². The zero-order valence-electron chi connectivity index (χ0n) is 16.9. The summed E-state index contributed by atoms with van der Waals surface area (Å²) in [5, 5.41) is 2.67. The molecule has 0 aromatic heterocycles. The molecule has 2 rings (SSSR count). The van der Waals surface area contributed by atoms with Crippen molar-refractivity contribution in [3.63, 3.8) is 0 Å². The van der Waals surface area contributed by atoms with E-state index in [-0.39, 0.29) is 29.9 Å². The number of piperidine rings is 1. The van der Waals surface area contributed by atoms with Gasteiger partial charge in [0.25, 0.3) is 5.91 Å². The summed E-state index contributed by atoms with van der Waals surface area (Å²) in [4.78, 5) is 49.8. The highest BCUT2D eigenvalue weighted by molar-refractivity contribution is 6.07. The highest BCUT2D eigenvalue weighted by Gasteiger charge is 2.28. The summed E-state index contributed by atoms with van der Waals surface area (Å²) in [6, 6.07) is 6.23. The number of hydrogen-bond acceptors (Lipinski definition) is 6. The summed E-state index contributed by atoms with van der Waals surface area (Å²) in [6.07, 6.45) is 2.67. The van der Waals surface area contributed by atoms with Crippen molar-refractivity contribution in [1.29, 1.82) is 0 Å². The molecule has 2 amide bonds. The van der Waals surface area contributed by atoms with Gasteiger partial charge in [-0.05, 0) is 51.0 Å². The second-order valence-corrected chi connectivity index (χ2v) is 6.73. The third-order valence-electron chi connectivity index (χ3n) is 4.61. The number of amides is 2. The topological polar surface area (TPSA) is 102 Å². The van der Waals surface area contributed by atoms with E-state index >= 15 is 0 Å². The molecule has 1 aromatic carbocycles. The van der Waals surface area contributed by atoms with Crippen molar-refractivity contribution in [2.45, 2.75) is 26.7 Å². The van der Waals surface area contributed by atoms with Crippen molar-refractivity contribution in [1.82, 2.24) is 4.90 Å². The minimum atomic E-state index is -0.466. The van der Waals surface area contributed by atoms with E-state index in [4.69, 9.17) is 4.74 Å². The number of nitrogens with zero attached hydrogens (tertiary/aromatic N) is 1. The Morgan fingerprint density at radius 3 is 2.52 bits per heavy atom. The molecule has 1 atom stereocenters. The number of carbonyl (C=O) groups excluding carboxylic acids is 4.